The fourth-order valence-electron chi connectivity index (χ4n) is 4.08. The van der Waals surface area contributed by atoms with Gasteiger partial charge in [0.05, 0.1) is 31.1 Å². The first-order valence-corrected chi connectivity index (χ1v) is 11.0. The first kappa shape index (κ1) is 20.7. The fraction of sp³-hybridized carbons (Fsp3) is 0.240. The molecule has 0 saturated carbocycles. The Labute approximate surface area is 192 Å². The van der Waals surface area contributed by atoms with Crippen molar-refractivity contribution in [3.05, 3.63) is 70.5 Å². The van der Waals surface area contributed by atoms with Crippen molar-refractivity contribution in [1.29, 1.82) is 0 Å². The average molecular weight is 447 g/mol. The summed E-state index contributed by atoms with van der Waals surface area (Å²) in [4.78, 5) is 25.7. The van der Waals surface area contributed by atoms with Gasteiger partial charge in [0, 0.05) is 43.0 Å². The molecule has 0 atom stereocenters. The molecule has 5 rings (SSSR count). The molecule has 7 heteroatoms. The molecule has 32 heavy (non-hydrogen) atoms. The zero-order chi connectivity index (χ0) is 22.1. The molecule has 3 aromatic rings. The van der Waals surface area contributed by atoms with Gasteiger partial charge in [-0.3, -0.25) is 9.78 Å². The van der Waals surface area contributed by atoms with Crippen molar-refractivity contribution in [2.75, 3.05) is 36.1 Å². The lowest BCUT2D eigenvalue weighted by Crippen LogP contribution is -2.36. The van der Waals surface area contributed by atoms with Crippen LogP contribution in [0, 0.1) is 0 Å². The molecule has 0 bridgehead atoms. The predicted octanol–water partition coefficient (Wildman–Crippen LogP) is 4.67. The molecule has 1 aromatic carbocycles. The van der Waals surface area contributed by atoms with E-state index in [1.807, 2.05) is 48.8 Å². The van der Waals surface area contributed by atoms with Crippen molar-refractivity contribution >= 4 is 41.2 Å². The van der Waals surface area contributed by atoms with Crippen molar-refractivity contribution in [3.8, 4) is 11.3 Å². The molecule has 1 saturated heterocycles. The number of carbonyl (C=O) groups excluding carboxylic acids is 1. The summed E-state index contributed by atoms with van der Waals surface area (Å²) in [6.45, 7) is 5.19. The van der Waals surface area contributed by atoms with E-state index in [4.69, 9.17) is 16.3 Å². The lowest BCUT2D eigenvalue weighted by atomic mass is 10.0. The molecule has 4 heterocycles. The second-order valence-electron chi connectivity index (χ2n) is 7.91. The summed E-state index contributed by atoms with van der Waals surface area (Å²) in [5, 5.41) is 0.638. The van der Waals surface area contributed by atoms with Gasteiger partial charge in [0.15, 0.2) is 0 Å². The van der Waals surface area contributed by atoms with Crippen LogP contribution < -0.4 is 9.80 Å². The molecule has 0 aliphatic carbocycles. The summed E-state index contributed by atoms with van der Waals surface area (Å²) < 4.78 is 5.42. The van der Waals surface area contributed by atoms with Crippen LogP contribution in [0.15, 0.2) is 48.8 Å². The largest absolute Gasteiger partial charge is 0.378 e. The van der Waals surface area contributed by atoms with Crippen molar-refractivity contribution in [3.63, 3.8) is 0 Å². The Hall–Kier alpha value is -3.22. The minimum absolute atomic E-state index is 0.0261. The molecule has 1 amide bonds. The second-order valence-corrected chi connectivity index (χ2v) is 8.35. The van der Waals surface area contributed by atoms with E-state index in [9.17, 15) is 4.79 Å². The number of pyridine rings is 2. The number of anilines is 2. The van der Waals surface area contributed by atoms with Gasteiger partial charge >= 0.3 is 0 Å². The standard InChI is InChI=1S/C25H23ClN4O2/c1-17(31)30-16-21-15-27-23(13-18(21)2-3-19-12-22(26)5-6-24(19)30)20-4-7-25(28-14-20)29-8-10-32-11-9-29/h2-7,12-15H,8-11,16H2,1H3. The first-order chi connectivity index (χ1) is 15.6. The maximum absolute atomic E-state index is 12.4. The number of amides is 1. The molecule has 0 unspecified atom stereocenters. The molecule has 162 valence electrons. The van der Waals surface area contributed by atoms with Crippen LogP contribution in [0.5, 0.6) is 0 Å². The van der Waals surface area contributed by atoms with Crippen LogP contribution in [0.1, 0.15) is 23.6 Å². The third-order valence-corrected chi connectivity index (χ3v) is 6.07. The molecule has 2 aromatic heterocycles. The zero-order valence-electron chi connectivity index (χ0n) is 17.8. The molecular formula is C25H23ClN4O2. The van der Waals surface area contributed by atoms with Gasteiger partial charge in [-0.15, -0.1) is 0 Å². The summed E-state index contributed by atoms with van der Waals surface area (Å²) in [7, 11) is 0. The van der Waals surface area contributed by atoms with E-state index in [1.165, 1.54) is 0 Å². The van der Waals surface area contributed by atoms with E-state index in [0.717, 1.165) is 65.8 Å². The summed E-state index contributed by atoms with van der Waals surface area (Å²) >= 11 is 6.21. The van der Waals surface area contributed by atoms with Gasteiger partial charge in [0.25, 0.3) is 0 Å². The van der Waals surface area contributed by atoms with Gasteiger partial charge < -0.3 is 14.5 Å². The number of fused-ring (bicyclic) bond motifs is 2. The number of carbonyl (C=O) groups is 1. The molecule has 0 N–H and O–H groups in total. The predicted molar refractivity (Wildman–Crippen MR) is 128 cm³/mol. The van der Waals surface area contributed by atoms with Crippen LogP contribution in [-0.4, -0.2) is 42.2 Å². The monoisotopic (exact) mass is 446 g/mol. The van der Waals surface area contributed by atoms with Crippen molar-refractivity contribution in [2.24, 2.45) is 0 Å². The smallest absolute Gasteiger partial charge is 0.224 e. The lowest BCUT2D eigenvalue weighted by molar-refractivity contribution is -0.116. The van der Waals surface area contributed by atoms with Crippen LogP contribution >= 0.6 is 11.6 Å². The Morgan fingerprint density at radius 1 is 1.00 bits per heavy atom. The quantitative estimate of drug-likeness (QED) is 0.572. The third-order valence-electron chi connectivity index (χ3n) is 5.83. The highest BCUT2D eigenvalue weighted by Gasteiger charge is 2.20. The van der Waals surface area contributed by atoms with Gasteiger partial charge in [-0.2, -0.15) is 0 Å². The minimum atomic E-state index is -0.0261. The number of hydrogen-bond acceptors (Lipinski definition) is 5. The number of morpholine rings is 1. The van der Waals surface area contributed by atoms with Gasteiger partial charge in [-0.05, 0) is 53.1 Å². The highest BCUT2D eigenvalue weighted by molar-refractivity contribution is 6.30. The van der Waals surface area contributed by atoms with E-state index in [0.29, 0.717) is 11.6 Å². The molecule has 0 radical (unpaired) electrons. The average Bonchev–Trinajstić information content (AvgIpc) is 2.81. The van der Waals surface area contributed by atoms with Gasteiger partial charge in [-0.1, -0.05) is 23.8 Å². The number of halogens is 1. The minimum Gasteiger partial charge on any atom is -0.378 e. The fourth-order valence-corrected chi connectivity index (χ4v) is 4.26. The van der Waals surface area contributed by atoms with Gasteiger partial charge in [0.2, 0.25) is 5.91 Å². The van der Waals surface area contributed by atoms with E-state index >= 15 is 0 Å². The van der Waals surface area contributed by atoms with Crippen LogP contribution in [0.2, 0.25) is 5.02 Å². The van der Waals surface area contributed by atoms with E-state index in [-0.39, 0.29) is 5.91 Å². The highest BCUT2D eigenvalue weighted by atomic mass is 35.5. The number of ether oxygens (including phenoxy) is 1. The number of aromatic nitrogens is 2. The van der Waals surface area contributed by atoms with Gasteiger partial charge in [0.1, 0.15) is 5.82 Å². The second kappa shape index (κ2) is 8.73. The van der Waals surface area contributed by atoms with E-state index < -0.39 is 0 Å². The van der Waals surface area contributed by atoms with Crippen molar-refractivity contribution < 1.29 is 9.53 Å². The molecule has 0 spiro atoms. The Morgan fingerprint density at radius 3 is 2.56 bits per heavy atom. The van der Waals surface area contributed by atoms with Crippen LogP contribution in [-0.2, 0) is 16.1 Å². The molecule has 1 fully saturated rings. The molecular weight excluding hydrogens is 424 g/mol. The first-order valence-electron chi connectivity index (χ1n) is 10.6. The number of nitrogens with zero attached hydrogens (tertiary/aromatic N) is 4. The van der Waals surface area contributed by atoms with Crippen LogP contribution in [0.3, 0.4) is 0 Å². The zero-order valence-corrected chi connectivity index (χ0v) is 18.5. The maximum Gasteiger partial charge on any atom is 0.224 e. The number of rotatable bonds is 2. The Kier molecular flexibility index (Phi) is 5.64. The van der Waals surface area contributed by atoms with Crippen LogP contribution in [0.4, 0.5) is 11.5 Å². The highest BCUT2D eigenvalue weighted by Crippen LogP contribution is 2.32. The molecule has 2 aliphatic heterocycles. The number of benzene rings is 1. The normalized spacial score (nSPS) is 15.6. The Bertz CT molecular complexity index is 1190. The summed E-state index contributed by atoms with van der Waals surface area (Å²) in [6, 6.07) is 11.7. The molecule has 2 aliphatic rings. The number of hydrogen-bond donors (Lipinski definition) is 0. The summed E-state index contributed by atoms with van der Waals surface area (Å²) in [5.41, 5.74) is 5.55. The van der Waals surface area contributed by atoms with E-state index in [1.54, 1.807) is 11.8 Å². The van der Waals surface area contributed by atoms with Crippen molar-refractivity contribution in [1.82, 2.24) is 9.97 Å². The van der Waals surface area contributed by atoms with Crippen molar-refractivity contribution in [2.45, 2.75) is 13.5 Å². The summed E-state index contributed by atoms with van der Waals surface area (Å²) in [6.07, 6.45) is 7.77. The Morgan fingerprint density at radius 2 is 1.81 bits per heavy atom. The topological polar surface area (TPSA) is 58.6 Å². The van der Waals surface area contributed by atoms with Gasteiger partial charge in [-0.25, -0.2) is 4.98 Å². The third kappa shape index (κ3) is 4.11. The SMILES string of the molecule is CC(=O)N1Cc2cnc(-c3ccc(N4CCOCC4)nc3)cc2C=Cc2cc(Cl)ccc21. The Balaban J connectivity index is 1.48. The van der Waals surface area contributed by atoms with E-state index in [2.05, 4.69) is 27.0 Å². The lowest BCUT2D eigenvalue weighted by Gasteiger charge is -2.27. The summed E-state index contributed by atoms with van der Waals surface area (Å²) in [5.74, 6) is 0.926. The van der Waals surface area contributed by atoms with Crippen LogP contribution in [0.25, 0.3) is 23.4 Å². The maximum atomic E-state index is 12.4. The molecule has 6 nitrogen and oxygen atoms in total.